The van der Waals surface area contributed by atoms with Gasteiger partial charge >= 0.3 is 6.09 Å². The first-order chi connectivity index (χ1) is 15.6. The van der Waals surface area contributed by atoms with Crippen LogP contribution in [-0.4, -0.2) is 47.4 Å². The minimum atomic E-state index is -0.261. The van der Waals surface area contributed by atoms with Crippen molar-refractivity contribution in [2.24, 2.45) is 5.41 Å². The average Bonchev–Trinajstić information content (AvgIpc) is 3.38. The number of aryl methyl sites for hydroxylation is 1. The van der Waals surface area contributed by atoms with Crippen LogP contribution in [0.25, 0.3) is 11.1 Å². The van der Waals surface area contributed by atoms with E-state index in [4.69, 9.17) is 4.74 Å². The number of hydrogen-bond donors (Lipinski definition) is 1. The van der Waals surface area contributed by atoms with Crippen molar-refractivity contribution in [2.75, 3.05) is 26.3 Å². The topological polar surface area (TPSA) is 62.7 Å². The molecule has 2 aliphatic rings. The third kappa shape index (κ3) is 3.93. The fourth-order valence-corrected chi connectivity index (χ4v) is 5.73. The van der Waals surface area contributed by atoms with Gasteiger partial charge in [0.25, 0.3) is 0 Å². The van der Waals surface area contributed by atoms with Crippen molar-refractivity contribution in [2.45, 2.75) is 32.1 Å². The van der Waals surface area contributed by atoms with Gasteiger partial charge in [-0.2, -0.15) is 0 Å². The van der Waals surface area contributed by atoms with Crippen molar-refractivity contribution in [3.63, 3.8) is 0 Å². The number of thiazole rings is 1. The Morgan fingerprint density at radius 1 is 1.12 bits per heavy atom. The predicted molar refractivity (Wildman–Crippen MR) is 126 cm³/mol. The molecule has 3 aromatic rings. The zero-order chi connectivity index (χ0) is 22.1. The average molecular weight is 449 g/mol. The number of aliphatic hydroxyl groups excluding tert-OH is 1. The normalized spacial score (nSPS) is 17.1. The van der Waals surface area contributed by atoms with E-state index in [-0.39, 0.29) is 24.0 Å². The number of ether oxygens (including phenoxy) is 1. The number of nitrogens with zero attached hydrogens (tertiary/aromatic N) is 2. The summed E-state index contributed by atoms with van der Waals surface area (Å²) in [5.41, 5.74) is 5.73. The highest BCUT2D eigenvalue weighted by molar-refractivity contribution is 7.09. The van der Waals surface area contributed by atoms with Gasteiger partial charge < -0.3 is 14.7 Å². The molecule has 0 saturated carbocycles. The summed E-state index contributed by atoms with van der Waals surface area (Å²) in [6, 6.07) is 16.7. The van der Waals surface area contributed by atoms with E-state index in [1.54, 1.807) is 16.2 Å². The number of rotatable bonds is 5. The number of aliphatic hydroxyl groups is 1. The van der Waals surface area contributed by atoms with E-state index in [0.717, 1.165) is 30.0 Å². The zero-order valence-electron chi connectivity index (χ0n) is 18.3. The lowest BCUT2D eigenvalue weighted by atomic mass is 9.75. The van der Waals surface area contributed by atoms with Gasteiger partial charge in [0.15, 0.2) is 0 Å². The first kappa shape index (κ1) is 21.2. The van der Waals surface area contributed by atoms with Gasteiger partial charge in [0.05, 0.1) is 10.7 Å². The van der Waals surface area contributed by atoms with Gasteiger partial charge in [0, 0.05) is 36.4 Å². The number of fused-ring (bicyclic) bond motifs is 3. The third-order valence-electron chi connectivity index (χ3n) is 6.98. The number of piperidine rings is 1. The summed E-state index contributed by atoms with van der Waals surface area (Å²) < 4.78 is 5.82. The number of amides is 1. The second-order valence-corrected chi connectivity index (χ2v) is 10.0. The molecule has 0 atom stereocenters. The highest BCUT2D eigenvalue weighted by atomic mass is 32.1. The minimum Gasteiger partial charge on any atom is -0.448 e. The van der Waals surface area contributed by atoms with Gasteiger partial charge in [-0.25, -0.2) is 9.78 Å². The van der Waals surface area contributed by atoms with Crippen molar-refractivity contribution in [3.05, 3.63) is 75.7 Å². The minimum absolute atomic E-state index is 0.0700. The molecular weight excluding hydrogens is 420 g/mol. The maximum absolute atomic E-state index is 12.9. The molecule has 2 aromatic carbocycles. The molecule has 1 amide bonds. The van der Waals surface area contributed by atoms with E-state index in [2.05, 4.69) is 46.8 Å². The number of benzene rings is 2. The third-order valence-corrected chi connectivity index (χ3v) is 7.80. The lowest BCUT2D eigenvalue weighted by Crippen LogP contribution is -2.46. The van der Waals surface area contributed by atoms with Crippen LogP contribution in [0.3, 0.4) is 0 Å². The van der Waals surface area contributed by atoms with Crippen molar-refractivity contribution >= 4 is 17.4 Å². The molecule has 6 heteroatoms. The predicted octanol–water partition coefficient (Wildman–Crippen LogP) is 5.02. The first-order valence-corrected chi connectivity index (χ1v) is 12.1. The Hall–Kier alpha value is -2.70. The lowest BCUT2D eigenvalue weighted by molar-refractivity contribution is 0.0331. The van der Waals surface area contributed by atoms with Crippen LogP contribution in [0, 0.1) is 12.3 Å². The molecule has 1 fully saturated rings. The highest BCUT2D eigenvalue weighted by Crippen LogP contribution is 2.44. The largest absolute Gasteiger partial charge is 0.448 e. The summed E-state index contributed by atoms with van der Waals surface area (Å²) in [5.74, 6) is 0.0700. The monoisotopic (exact) mass is 448 g/mol. The molecule has 1 aromatic heterocycles. The van der Waals surface area contributed by atoms with Crippen molar-refractivity contribution < 1.29 is 14.6 Å². The van der Waals surface area contributed by atoms with Crippen LogP contribution in [-0.2, 0) is 11.2 Å². The Kier molecular flexibility index (Phi) is 5.74. The van der Waals surface area contributed by atoms with Crippen LogP contribution in [0.15, 0.2) is 53.9 Å². The quantitative estimate of drug-likeness (QED) is 0.595. The Labute approximate surface area is 192 Å². The van der Waals surface area contributed by atoms with Gasteiger partial charge in [-0.05, 0) is 48.4 Å². The number of likely N-dealkylation sites (tertiary alicyclic amines) is 1. The number of hydrogen-bond acceptors (Lipinski definition) is 5. The molecule has 5 rings (SSSR count). The fraction of sp³-hybridized carbons (Fsp3) is 0.385. The molecule has 0 unspecified atom stereocenters. The summed E-state index contributed by atoms with van der Waals surface area (Å²) in [5, 5.41) is 13.2. The second-order valence-electron chi connectivity index (χ2n) is 8.98. The highest BCUT2D eigenvalue weighted by Gasteiger charge is 2.37. The van der Waals surface area contributed by atoms with E-state index in [1.807, 2.05) is 19.1 Å². The fourth-order valence-electron chi connectivity index (χ4n) is 5.11. The molecule has 32 heavy (non-hydrogen) atoms. The Balaban J connectivity index is 1.22. The molecule has 5 nitrogen and oxygen atoms in total. The number of carbonyl (C=O) groups excluding carboxylic acids is 1. The molecule has 2 heterocycles. The van der Waals surface area contributed by atoms with E-state index in [0.29, 0.717) is 19.7 Å². The summed E-state index contributed by atoms with van der Waals surface area (Å²) >= 11 is 1.64. The number of aromatic nitrogens is 1. The van der Waals surface area contributed by atoms with Crippen LogP contribution in [0.2, 0.25) is 0 Å². The summed E-state index contributed by atoms with van der Waals surface area (Å²) in [7, 11) is 0. The molecule has 0 radical (unpaired) electrons. The Bertz CT molecular complexity index is 1070. The van der Waals surface area contributed by atoms with E-state index in [9.17, 15) is 9.90 Å². The van der Waals surface area contributed by atoms with Crippen LogP contribution >= 0.6 is 11.3 Å². The molecule has 0 spiro atoms. The first-order valence-electron chi connectivity index (χ1n) is 11.2. The molecule has 1 aliphatic carbocycles. The lowest BCUT2D eigenvalue weighted by Gasteiger charge is -2.40. The SMILES string of the molecule is Cc1nc(CC2(CO)CCN(C(=O)OCC3c4ccccc4-c4ccccc43)CC2)cs1. The van der Waals surface area contributed by atoms with Gasteiger partial charge in [0.2, 0.25) is 0 Å². The summed E-state index contributed by atoms with van der Waals surface area (Å²) in [6.07, 6.45) is 2.00. The molecule has 1 aliphatic heterocycles. The van der Waals surface area contributed by atoms with Crippen molar-refractivity contribution in [3.8, 4) is 11.1 Å². The zero-order valence-corrected chi connectivity index (χ0v) is 19.1. The van der Waals surface area contributed by atoms with Crippen LogP contribution in [0.1, 0.15) is 40.6 Å². The van der Waals surface area contributed by atoms with Gasteiger partial charge in [-0.3, -0.25) is 0 Å². The van der Waals surface area contributed by atoms with E-state index in [1.165, 1.54) is 22.3 Å². The van der Waals surface area contributed by atoms with Crippen molar-refractivity contribution in [1.29, 1.82) is 0 Å². The van der Waals surface area contributed by atoms with E-state index < -0.39 is 0 Å². The van der Waals surface area contributed by atoms with E-state index >= 15 is 0 Å². The Morgan fingerprint density at radius 2 is 1.75 bits per heavy atom. The molecule has 1 N–H and O–H groups in total. The standard InChI is InChI=1S/C26H28N2O3S/c1-18-27-19(16-32-18)14-26(17-29)10-12-28(13-11-26)25(30)31-15-24-22-8-4-2-6-20(22)21-7-3-5-9-23(21)24/h2-9,16,24,29H,10-15,17H2,1H3. The molecule has 166 valence electrons. The van der Waals surface area contributed by atoms with Crippen LogP contribution < -0.4 is 0 Å². The maximum Gasteiger partial charge on any atom is 0.409 e. The molecule has 1 saturated heterocycles. The van der Waals surface area contributed by atoms with Crippen LogP contribution in [0.5, 0.6) is 0 Å². The second kappa shape index (κ2) is 8.68. The van der Waals surface area contributed by atoms with Gasteiger partial charge in [0.1, 0.15) is 6.61 Å². The van der Waals surface area contributed by atoms with Gasteiger partial charge in [-0.1, -0.05) is 48.5 Å². The summed E-state index contributed by atoms with van der Waals surface area (Å²) in [4.78, 5) is 19.2. The molecule has 0 bridgehead atoms. The maximum atomic E-state index is 12.9. The number of carbonyl (C=O) groups is 1. The Morgan fingerprint density at radius 3 is 2.31 bits per heavy atom. The smallest absolute Gasteiger partial charge is 0.409 e. The van der Waals surface area contributed by atoms with Crippen LogP contribution in [0.4, 0.5) is 4.79 Å². The van der Waals surface area contributed by atoms with Gasteiger partial charge in [-0.15, -0.1) is 11.3 Å². The summed E-state index contributed by atoms with van der Waals surface area (Å²) in [6.45, 7) is 3.65. The molecular formula is C26H28N2O3S. The van der Waals surface area contributed by atoms with Crippen molar-refractivity contribution in [1.82, 2.24) is 9.88 Å².